The van der Waals surface area contributed by atoms with Gasteiger partial charge in [-0.1, -0.05) is 32.4 Å². The third kappa shape index (κ3) is 7.63. The summed E-state index contributed by atoms with van der Waals surface area (Å²) in [6, 6.07) is 7.19. The van der Waals surface area contributed by atoms with Gasteiger partial charge in [-0.25, -0.2) is 4.79 Å². The van der Waals surface area contributed by atoms with Crippen LogP contribution >= 0.6 is 0 Å². The predicted octanol–water partition coefficient (Wildman–Crippen LogP) is 4.42. The monoisotopic (exact) mass is 422 g/mol. The van der Waals surface area contributed by atoms with Gasteiger partial charge < -0.3 is 19.3 Å². The quantitative estimate of drug-likeness (QED) is 0.562. The van der Waals surface area contributed by atoms with E-state index in [1.54, 1.807) is 25.1 Å². The minimum Gasteiger partial charge on any atom is -0.479 e. The number of hydrogen-bond acceptors (Lipinski definition) is 6. The molecule has 170 valence electrons. The molecule has 0 saturated carbocycles. The first kappa shape index (κ1) is 26.0. The van der Waals surface area contributed by atoms with Crippen molar-refractivity contribution >= 4 is 11.9 Å². The smallest absolute Gasteiger partial charge is 0.346 e. The molecule has 0 aliphatic heterocycles. The van der Waals surface area contributed by atoms with Gasteiger partial charge in [0.15, 0.2) is 6.10 Å². The Bertz CT molecular complexity index is 719. The Hall–Kier alpha value is -2.08. The maximum atomic E-state index is 13.2. The molecule has 0 spiro atoms. The molecule has 0 aromatic heterocycles. The number of hydrogen-bond donors (Lipinski definition) is 1. The summed E-state index contributed by atoms with van der Waals surface area (Å²) >= 11 is 0. The van der Waals surface area contributed by atoms with E-state index < -0.39 is 23.1 Å². The first-order valence-electron chi connectivity index (χ1n) is 10.4. The lowest BCUT2D eigenvalue weighted by Gasteiger charge is -2.33. The van der Waals surface area contributed by atoms with Crippen molar-refractivity contribution in [3.8, 4) is 5.75 Å². The molecule has 0 saturated heterocycles. The van der Waals surface area contributed by atoms with E-state index in [1.807, 2.05) is 47.6 Å². The van der Waals surface area contributed by atoms with Crippen LogP contribution in [0.1, 0.15) is 73.3 Å². The van der Waals surface area contributed by atoms with E-state index in [1.165, 1.54) is 7.11 Å². The molecule has 1 aromatic carbocycles. The zero-order chi connectivity index (χ0) is 23.2. The molecule has 30 heavy (non-hydrogen) atoms. The predicted molar refractivity (Wildman–Crippen MR) is 116 cm³/mol. The molecule has 6 nitrogen and oxygen atoms in total. The average Bonchev–Trinajstić information content (AvgIpc) is 2.65. The third-order valence-corrected chi connectivity index (χ3v) is 5.12. The topological polar surface area (TPSA) is 82.1 Å². The fraction of sp³-hybridized carbons (Fsp3) is 0.667. The van der Waals surface area contributed by atoms with Crippen LogP contribution in [0.3, 0.4) is 0 Å². The molecule has 0 bridgehead atoms. The normalized spacial score (nSPS) is 15.1. The lowest BCUT2D eigenvalue weighted by Crippen LogP contribution is -2.39. The van der Waals surface area contributed by atoms with Crippen LogP contribution in [-0.4, -0.2) is 42.5 Å². The minimum atomic E-state index is -0.896. The Labute approximate surface area is 180 Å². The number of carbonyl (C=O) groups is 2. The largest absolute Gasteiger partial charge is 0.479 e. The third-order valence-electron chi connectivity index (χ3n) is 5.12. The van der Waals surface area contributed by atoms with Crippen molar-refractivity contribution in [1.29, 1.82) is 0 Å². The fourth-order valence-electron chi connectivity index (χ4n) is 3.09. The maximum Gasteiger partial charge on any atom is 0.346 e. The first-order valence-corrected chi connectivity index (χ1v) is 10.4. The van der Waals surface area contributed by atoms with E-state index in [2.05, 4.69) is 0 Å². The molecule has 2 unspecified atom stereocenters. The summed E-state index contributed by atoms with van der Waals surface area (Å²) in [7, 11) is 1.31. The van der Waals surface area contributed by atoms with Crippen LogP contribution in [-0.2, 0) is 24.5 Å². The van der Waals surface area contributed by atoms with Gasteiger partial charge in [-0.3, -0.25) is 4.79 Å². The Morgan fingerprint density at radius 3 is 2.23 bits per heavy atom. The van der Waals surface area contributed by atoms with Crippen LogP contribution in [0, 0.1) is 5.41 Å². The van der Waals surface area contributed by atoms with Gasteiger partial charge in [0.05, 0.1) is 12.5 Å². The van der Waals surface area contributed by atoms with Gasteiger partial charge >= 0.3 is 11.9 Å². The van der Waals surface area contributed by atoms with Crippen molar-refractivity contribution in [2.45, 2.75) is 84.8 Å². The summed E-state index contributed by atoms with van der Waals surface area (Å²) in [5.41, 5.74) is -0.966. The average molecular weight is 423 g/mol. The standard InChI is InChI=1S/C24H38O6/c1-17(20(26)28-8)29-19-12-9-11-18(15-19)24(7,21(27)30-22(2,3)4)14-10-13-23(5,6)16-25/h9,11-12,15,17,25H,10,13-14,16H2,1-8H3. The Morgan fingerprint density at radius 1 is 1.07 bits per heavy atom. The van der Waals surface area contributed by atoms with E-state index in [-0.39, 0.29) is 18.0 Å². The summed E-state index contributed by atoms with van der Waals surface area (Å²) in [4.78, 5) is 24.9. The van der Waals surface area contributed by atoms with Gasteiger partial charge in [-0.05, 0) is 70.6 Å². The van der Waals surface area contributed by atoms with E-state index in [0.717, 1.165) is 18.4 Å². The number of benzene rings is 1. The van der Waals surface area contributed by atoms with Crippen molar-refractivity contribution in [1.82, 2.24) is 0 Å². The van der Waals surface area contributed by atoms with Gasteiger partial charge in [0.2, 0.25) is 0 Å². The first-order chi connectivity index (χ1) is 13.7. The molecule has 1 rings (SSSR count). The highest BCUT2D eigenvalue weighted by Crippen LogP contribution is 2.36. The molecule has 0 aliphatic rings. The molecule has 0 heterocycles. The Balaban J connectivity index is 3.19. The zero-order valence-electron chi connectivity index (χ0n) is 19.7. The lowest BCUT2D eigenvalue weighted by molar-refractivity contribution is -0.162. The summed E-state index contributed by atoms with van der Waals surface area (Å²) in [5, 5.41) is 9.54. The molecule has 1 aromatic rings. The number of rotatable bonds is 10. The van der Waals surface area contributed by atoms with Crippen molar-refractivity contribution in [2.75, 3.05) is 13.7 Å². The number of carbonyl (C=O) groups excluding carboxylic acids is 2. The van der Waals surface area contributed by atoms with E-state index in [9.17, 15) is 14.7 Å². The molecule has 6 heteroatoms. The van der Waals surface area contributed by atoms with Gasteiger partial charge in [0, 0.05) is 6.61 Å². The maximum absolute atomic E-state index is 13.2. The molecule has 0 radical (unpaired) electrons. The van der Waals surface area contributed by atoms with Crippen LogP contribution in [0.15, 0.2) is 24.3 Å². The Morgan fingerprint density at radius 2 is 1.70 bits per heavy atom. The van der Waals surface area contributed by atoms with Gasteiger partial charge in [0.1, 0.15) is 11.4 Å². The molecule has 0 fully saturated rings. The van der Waals surface area contributed by atoms with Crippen LogP contribution in [0.25, 0.3) is 0 Å². The SMILES string of the molecule is COC(=O)C(C)Oc1cccc(C(C)(CCCC(C)(C)CO)C(=O)OC(C)(C)C)c1. The molecule has 0 aliphatic carbocycles. The Kier molecular flexibility index (Phi) is 8.90. The minimum absolute atomic E-state index is 0.0882. The van der Waals surface area contributed by atoms with Crippen molar-refractivity contribution in [3.63, 3.8) is 0 Å². The number of ether oxygens (including phenoxy) is 3. The van der Waals surface area contributed by atoms with Crippen molar-refractivity contribution in [2.24, 2.45) is 5.41 Å². The van der Waals surface area contributed by atoms with E-state index in [4.69, 9.17) is 14.2 Å². The molecular weight excluding hydrogens is 384 g/mol. The molecule has 2 atom stereocenters. The number of aliphatic hydroxyl groups excluding tert-OH is 1. The van der Waals surface area contributed by atoms with Crippen LogP contribution < -0.4 is 4.74 Å². The molecule has 1 N–H and O–H groups in total. The highest BCUT2D eigenvalue weighted by Gasteiger charge is 2.39. The zero-order valence-corrected chi connectivity index (χ0v) is 19.7. The molecule has 0 amide bonds. The summed E-state index contributed by atoms with van der Waals surface area (Å²) in [6.45, 7) is 13.1. The number of methoxy groups -OCH3 is 1. The van der Waals surface area contributed by atoms with Gasteiger partial charge in [0.25, 0.3) is 0 Å². The van der Waals surface area contributed by atoms with Crippen molar-refractivity contribution in [3.05, 3.63) is 29.8 Å². The van der Waals surface area contributed by atoms with Crippen LogP contribution in [0.5, 0.6) is 5.75 Å². The summed E-state index contributed by atoms with van der Waals surface area (Å²) in [5.74, 6) is -0.299. The number of esters is 2. The van der Waals surface area contributed by atoms with E-state index >= 15 is 0 Å². The van der Waals surface area contributed by atoms with Crippen LogP contribution in [0.4, 0.5) is 0 Å². The summed E-state index contributed by atoms with van der Waals surface area (Å²) in [6.07, 6.45) is 1.31. The second-order valence-electron chi connectivity index (χ2n) is 9.82. The number of aliphatic hydroxyl groups is 1. The highest BCUT2D eigenvalue weighted by atomic mass is 16.6. The van der Waals surface area contributed by atoms with Crippen LogP contribution in [0.2, 0.25) is 0 Å². The summed E-state index contributed by atoms with van der Waals surface area (Å²) < 4.78 is 16.2. The lowest BCUT2D eigenvalue weighted by atomic mass is 9.76. The second-order valence-corrected chi connectivity index (χ2v) is 9.82. The van der Waals surface area contributed by atoms with E-state index in [0.29, 0.717) is 12.2 Å². The second kappa shape index (κ2) is 10.3. The van der Waals surface area contributed by atoms with Gasteiger partial charge in [-0.15, -0.1) is 0 Å². The van der Waals surface area contributed by atoms with Crippen molar-refractivity contribution < 1.29 is 28.9 Å². The molecular formula is C24H38O6. The fourth-order valence-corrected chi connectivity index (χ4v) is 3.09. The van der Waals surface area contributed by atoms with Gasteiger partial charge in [-0.2, -0.15) is 0 Å². The highest BCUT2D eigenvalue weighted by molar-refractivity contribution is 5.83.